The third-order valence-electron chi connectivity index (χ3n) is 11.4. The summed E-state index contributed by atoms with van der Waals surface area (Å²) in [5.41, 5.74) is 13.8. The molecule has 0 bridgehead atoms. The lowest BCUT2D eigenvalue weighted by Gasteiger charge is -2.15. The molecule has 0 atom stereocenters. The van der Waals surface area contributed by atoms with Gasteiger partial charge in [-0.25, -0.2) is 19.8 Å². The molecule has 0 radical (unpaired) electrons. The summed E-state index contributed by atoms with van der Waals surface area (Å²) in [5, 5.41) is 4.33. The summed E-state index contributed by atoms with van der Waals surface area (Å²) in [7, 11) is 0. The molecule has 0 amide bonds. The Morgan fingerprint density at radius 3 is 1.26 bits per heavy atom. The first kappa shape index (κ1) is 36.4. The Balaban J connectivity index is 1.03. The summed E-state index contributed by atoms with van der Waals surface area (Å²) in [4.78, 5) is 28.7. The van der Waals surface area contributed by atoms with Crippen molar-refractivity contribution in [2.75, 3.05) is 0 Å². The van der Waals surface area contributed by atoms with Gasteiger partial charge < -0.3 is 0 Å². The second-order valence-corrected chi connectivity index (χ2v) is 15.2. The third kappa shape index (κ3) is 6.70. The standard InChI is InChI=1S/C56H34N6/c1-57-45-29-27-39(28-30-45)38-19-23-40(24-20-38)48-34-50-47-18-10-32-59-53(47)49(35-51(50)46-17-9-31-58-52(46)48)43-15-8-16-44(33-43)56-61-54(41-13-6-3-7-14-41)60-55(62-56)42-25-21-37(22-26-42)36-11-4-2-5-12-36/h2-35H. The van der Waals surface area contributed by atoms with Gasteiger partial charge in [0.25, 0.3) is 0 Å². The summed E-state index contributed by atoms with van der Waals surface area (Å²) in [6.07, 6.45) is 3.73. The Kier molecular flexibility index (Phi) is 9.11. The van der Waals surface area contributed by atoms with Crippen molar-refractivity contribution in [3.63, 3.8) is 0 Å². The van der Waals surface area contributed by atoms with Crippen LogP contribution in [0, 0.1) is 6.57 Å². The van der Waals surface area contributed by atoms with Gasteiger partial charge in [0.2, 0.25) is 0 Å². The minimum Gasteiger partial charge on any atom is -0.256 e. The average molecular weight is 791 g/mol. The summed E-state index contributed by atoms with van der Waals surface area (Å²) < 4.78 is 0. The molecular formula is C56H34N6. The number of pyridine rings is 2. The molecule has 0 aliphatic rings. The fourth-order valence-corrected chi connectivity index (χ4v) is 8.33. The lowest BCUT2D eigenvalue weighted by atomic mass is 9.90. The molecule has 0 unspecified atom stereocenters. The monoisotopic (exact) mass is 790 g/mol. The van der Waals surface area contributed by atoms with E-state index in [0.717, 1.165) is 93.8 Å². The average Bonchev–Trinajstić information content (AvgIpc) is 3.36. The van der Waals surface area contributed by atoms with E-state index < -0.39 is 0 Å². The maximum Gasteiger partial charge on any atom is 0.187 e. The molecule has 0 aliphatic carbocycles. The van der Waals surface area contributed by atoms with Crippen molar-refractivity contribution in [1.82, 2.24) is 24.9 Å². The number of hydrogen-bond donors (Lipinski definition) is 0. The first-order valence-electron chi connectivity index (χ1n) is 20.4. The van der Waals surface area contributed by atoms with E-state index in [-0.39, 0.29) is 0 Å². The predicted molar refractivity (Wildman–Crippen MR) is 252 cm³/mol. The zero-order chi connectivity index (χ0) is 41.4. The molecule has 11 aromatic rings. The van der Waals surface area contributed by atoms with Crippen LogP contribution < -0.4 is 0 Å². The van der Waals surface area contributed by atoms with Crippen LogP contribution in [0.25, 0.3) is 116 Å². The summed E-state index contributed by atoms with van der Waals surface area (Å²) in [6, 6.07) is 66.4. The van der Waals surface area contributed by atoms with Crippen LogP contribution in [0.4, 0.5) is 5.69 Å². The number of aromatic nitrogens is 5. The molecule has 6 nitrogen and oxygen atoms in total. The van der Waals surface area contributed by atoms with E-state index >= 15 is 0 Å². The van der Waals surface area contributed by atoms with Crippen LogP contribution in [0.3, 0.4) is 0 Å². The summed E-state index contributed by atoms with van der Waals surface area (Å²) in [6.45, 7) is 7.31. The normalized spacial score (nSPS) is 11.2. The van der Waals surface area contributed by atoms with E-state index in [0.29, 0.717) is 23.2 Å². The van der Waals surface area contributed by atoms with Gasteiger partial charge in [0.05, 0.1) is 17.6 Å². The predicted octanol–water partition coefficient (Wildman–Crippen LogP) is 14.3. The Labute approximate surface area is 358 Å². The van der Waals surface area contributed by atoms with Gasteiger partial charge in [0.15, 0.2) is 23.2 Å². The molecule has 11 rings (SSSR count). The maximum absolute atomic E-state index is 7.31. The zero-order valence-electron chi connectivity index (χ0n) is 33.3. The first-order chi connectivity index (χ1) is 30.7. The van der Waals surface area contributed by atoms with Gasteiger partial charge in [-0.15, -0.1) is 0 Å². The summed E-state index contributed by atoms with van der Waals surface area (Å²) >= 11 is 0. The fourth-order valence-electron chi connectivity index (χ4n) is 8.33. The van der Waals surface area contributed by atoms with Gasteiger partial charge in [-0.3, -0.25) is 9.97 Å². The Hall–Kier alpha value is -8.66. The molecule has 0 fully saturated rings. The molecule has 3 heterocycles. The van der Waals surface area contributed by atoms with Gasteiger partial charge >= 0.3 is 0 Å². The molecule has 0 aliphatic heterocycles. The molecule has 3 aromatic heterocycles. The lowest BCUT2D eigenvalue weighted by Crippen LogP contribution is -2.00. The molecule has 62 heavy (non-hydrogen) atoms. The van der Waals surface area contributed by atoms with E-state index in [1.807, 2.05) is 85.2 Å². The van der Waals surface area contributed by atoms with Crippen LogP contribution in [0.15, 0.2) is 207 Å². The SMILES string of the molecule is [C-]#[N+]c1ccc(-c2ccc(-c3cc4c5cccnc5c(-c5cccc(-c6nc(-c7ccccc7)nc(-c7ccc(-c8ccccc8)cc7)n6)c5)cc4c4cccnc34)cc2)cc1. The minimum absolute atomic E-state index is 0.589. The molecular weight excluding hydrogens is 757 g/mol. The molecule has 288 valence electrons. The molecule has 0 spiro atoms. The molecule has 0 N–H and O–H groups in total. The van der Waals surface area contributed by atoms with E-state index in [9.17, 15) is 0 Å². The molecule has 0 saturated heterocycles. The van der Waals surface area contributed by atoms with Crippen LogP contribution in [0.5, 0.6) is 0 Å². The number of fused-ring (bicyclic) bond motifs is 5. The quantitative estimate of drug-likeness (QED) is 0.119. The lowest BCUT2D eigenvalue weighted by molar-refractivity contribution is 1.07. The number of rotatable bonds is 7. The Morgan fingerprint density at radius 2 is 0.710 bits per heavy atom. The highest BCUT2D eigenvalue weighted by atomic mass is 15.0. The molecule has 0 saturated carbocycles. The van der Waals surface area contributed by atoms with Crippen molar-refractivity contribution in [2.45, 2.75) is 0 Å². The van der Waals surface area contributed by atoms with Crippen molar-refractivity contribution in [2.24, 2.45) is 0 Å². The van der Waals surface area contributed by atoms with Gasteiger partial charge in [-0.05, 0) is 74.5 Å². The van der Waals surface area contributed by atoms with Gasteiger partial charge in [0.1, 0.15) is 0 Å². The van der Waals surface area contributed by atoms with Crippen molar-refractivity contribution in [3.8, 4) is 78.7 Å². The highest BCUT2D eigenvalue weighted by molar-refractivity contribution is 6.22. The second kappa shape index (κ2) is 15.5. The van der Waals surface area contributed by atoms with Gasteiger partial charge in [-0.2, -0.15) is 0 Å². The minimum atomic E-state index is 0.589. The molecule has 8 aromatic carbocycles. The van der Waals surface area contributed by atoms with Gasteiger partial charge in [-0.1, -0.05) is 164 Å². The maximum atomic E-state index is 7.31. The highest BCUT2D eigenvalue weighted by Gasteiger charge is 2.18. The second-order valence-electron chi connectivity index (χ2n) is 15.2. The van der Waals surface area contributed by atoms with Crippen LogP contribution >= 0.6 is 0 Å². The van der Waals surface area contributed by atoms with Crippen LogP contribution in [0.2, 0.25) is 0 Å². The fraction of sp³-hybridized carbons (Fsp3) is 0. The summed E-state index contributed by atoms with van der Waals surface area (Å²) in [5.74, 6) is 1.81. The third-order valence-corrected chi connectivity index (χ3v) is 11.4. The van der Waals surface area contributed by atoms with Crippen molar-refractivity contribution < 1.29 is 0 Å². The number of hydrogen-bond acceptors (Lipinski definition) is 5. The highest BCUT2D eigenvalue weighted by Crippen LogP contribution is 2.41. The Bertz CT molecular complexity index is 3490. The van der Waals surface area contributed by atoms with Crippen LogP contribution in [-0.2, 0) is 0 Å². The Morgan fingerprint density at radius 1 is 0.306 bits per heavy atom. The van der Waals surface area contributed by atoms with E-state index in [4.69, 9.17) is 31.5 Å². The zero-order valence-corrected chi connectivity index (χ0v) is 33.3. The topological polar surface area (TPSA) is 68.8 Å². The number of benzene rings is 8. The van der Waals surface area contributed by atoms with Gasteiger partial charge in [0, 0.05) is 51.0 Å². The van der Waals surface area contributed by atoms with E-state index in [1.54, 1.807) is 0 Å². The van der Waals surface area contributed by atoms with Crippen molar-refractivity contribution in [1.29, 1.82) is 0 Å². The van der Waals surface area contributed by atoms with Crippen LogP contribution in [0.1, 0.15) is 0 Å². The first-order valence-corrected chi connectivity index (χ1v) is 20.4. The van der Waals surface area contributed by atoms with Crippen LogP contribution in [-0.4, -0.2) is 24.9 Å². The van der Waals surface area contributed by atoms with E-state index in [1.165, 1.54) is 0 Å². The molecule has 6 heteroatoms. The van der Waals surface area contributed by atoms with Crippen molar-refractivity contribution in [3.05, 3.63) is 218 Å². The van der Waals surface area contributed by atoms with E-state index in [2.05, 4.69) is 126 Å². The van der Waals surface area contributed by atoms with Crippen molar-refractivity contribution >= 4 is 38.3 Å². The smallest absolute Gasteiger partial charge is 0.187 e. The largest absolute Gasteiger partial charge is 0.256 e. The number of nitrogens with zero attached hydrogens (tertiary/aromatic N) is 6.